The molecule has 0 saturated heterocycles. The molecule has 0 bridgehead atoms. The topological polar surface area (TPSA) is 6.48 Å². The van der Waals surface area contributed by atoms with Crippen molar-refractivity contribution in [1.29, 1.82) is 0 Å². The van der Waals surface area contributed by atoms with Crippen molar-refractivity contribution < 1.29 is 0 Å². The van der Waals surface area contributed by atoms with E-state index < -0.39 is 0 Å². The highest BCUT2D eigenvalue weighted by molar-refractivity contribution is 5.21. The summed E-state index contributed by atoms with van der Waals surface area (Å²) in [5.41, 5.74) is 2.82. The van der Waals surface area contributed by atoms with Crippen LogP contribution in [0.5, 0.6) is 0 Å². The third kappa shape index (κ3) is 1.78. The summed E-state index contributed by atoms with van der Waals surface area (Å²) in [6.45, 7) is 8.77. The predicted molar refractivity (Wildman–Crippen MR) is 56.9 cm³/mol. The Morgan fingerprint density at radius 1 is 1.38 bits per heavy atom. The van der Waals surface area contributed by atoms with E-state index in [1.54, 1.807) is 0 Å². The molecule has 0 N–H and O–H groups in total. The zero-order valence-electron chi connectivity index (χ0n) is 9.33. The minimum atomic E-state index is 0.529. The van der Waals surface area contributed by atoms with Gasteiger partial charge in [0, 0.05) is 25.0 Å². The maximum absolute atomic E-state index is 2.26. The summed E-state index contributed by atoms with van der Waals surface area (Å²) in [6.07, 6.45) is 5.43. The van der Waals surface area contributed by atoms with E-state index in [1.165, 1.54) is 11.3 Å². The highest BCUT2D eigenvalue weighted by atomic mass is 15.6. The van der Waals surface area contributed by atoms with Crippen LogP contribution in [0.25, 0.3) is 0 Å². The van der Waals surface area contributed by atoms with Gasteiger partial charge in [0.1, 0.15) is 0 Å². The first-order valence-electron chi connectivity index (χ1n) is 4.95. The maximum atomic E-state index is 2.26. The molecule has 0 aromatic heterocycles. The summed E-state index contributed by atoms with van der Waals surface area (Å²) in [6, 6.07) is 0.529. The fourth-order valence-corrected chi connectivity index (χ4v) is 1.61. The van der Waals surface area contributed by atoms with Crippen LogP contribution in [-0.2, 0) is 0 Å². The Balaban J connectivity index is 2.82. The van der Waals surface area contributed by atoms with E-state index in [4.69, 9.17) is 0 Å². The van der Waals surface area contributed by atoms with Gasteiger partial charge in [-0.3, -0.25) is 5.01 Å². The highest BCUT2D eigenvalue weighted by Crippen LogP contribution is 2.27. The van der Waals surface area contributed by atoms with Crippen molar-refractivity contribution in [2.24, 2.45) is 0 Å². The normalized spacial score (nSPS) is 25.3. The molecule has 1 atom stereocenters. The lowest BCUT2D eigenvalue weighted by molar-refractivity contribution is 0.0905. The van der Waals surface area contributed by atoms with Crippen molar-refractivity contribution in [3.05, 3.63) is 23.5 Å². The van der Waals surface area contributed by atoms with E-state index in [0.29, 0.717) is 6.04 Å². The first-order chi connectivity index (χ1) is 6.09. The molecule has 74 valence electrons. The average molecular weight is 180 g/mol. The summed E-state index contributed by atoms with van der Waals surface area (Å²) in [4.78, 5) is 0. The molecule has 0 spiro atoms. The van der Waals surface area contributed by atoms with Gasteiger partial charge in [-0.2, -0.15) is 0 Å². The van der Waals surface area contributed by atoms with Gasteiger partial charge < -0.3 is 0 Å². The third-order valence-electron chi connectivity index (χ3n) is 2.92. The van der Waals surface area contributed by atoms with Crippen LogP contribution in [0.2, 0.25) is 0 Å². The first-order valence-corrected chi connectivity index (χ1v) is 4.95. The molecule has 0 aliphatic carbocycles. The van der Waals surface area contributed by atoms with Crippen LogP contribution in [0.4, 0.5) is 0 Å². The van der Waals surface area contributed by atoms with Crippen molar-refractivity contribution in [1.82, 2.24) is 10.0 Å². The Kier molecular flexibility index (Phi) is 3.15. The largest absolute Gasteiger partial charge is 0.286 e. The zero-order chi connectivity index (χ0) is 10.0. The molecule has 0 fully saturated rings. The Morgan fingerprint density at radius 2 is 2.00 bits per heavy atom. The number of hydrogen-bond donors (Lipinski definition) is 0. The molecule has 0 radical (unpaired) electrons. The Morgan fingerprint density at radius 3 is 2.38 bits per heavy atom. The minimum Gasteiger partial charge on any atom is -0.286 e. The predicted octanol–water partition coefficient (Wildman–Crippen LogP) is 2.75. The van der Waals surface area contributed by atoms with Crippen LogP contribution in [-0.4, -0.2) is 23.1 Å². The fourth-order valence-electron chi connectivity index (χ4n) is 1.61. The van der Waals surface area contributed by atoms with Crippen LogP contribution in [0.3, 0.4) is 0 Å². The van der Waals surface area contributed by atoms with Gasteiger partial charge in [0.15, 0.2) is 0 Å². The monoisotopic (exact) mass is 180 g/mol. The van der Waals surface area contributed by atoms with Gasteiger partial charge in [-0.05, 0) is 32.8 Å². The lowest BCUT2D eigenvalue weighted by atomic mass is 10.1. The quantitative estimate of drug-likeness (QED) is 0.644. The summed E-state index contributed by atoms with van der Waals surface area (Å²) < 4.78 is 0. The van der Waals surface area contributed by atoms with E-state index in [9.17, 15) is 0 Å². The Hall–Kier alpha value is -0.760. The van der Waals surface area contributed by atoms with E-state index >= 15 is 0 Å². The standard InChI is InChI=1S/C11H20N2/c1-6-7-8-13-11(4)9(2)10(3)12(13)5/h7-8,10H,6H2,1-5H3. The van der Waals surface area contributed by atoms with Gasteiger partial charge in [0.05, 0.1) is 0 Å². The SMILES string of the molecule is CCC=CN1C(C)=C(C)C(C)N1C. The van der Waals surface area contributed by atoms with Gasteiger partial charge in [-0.15, -0.1) is 0 Å². The minimum absolute atomic E-state index is 0.529. The molecule has 1 unspecified atom stereocenters. The van der Waals surface area contributed by atoms with Crippen LogP contribution in [0.15, 0.2) is 23.5 Å². The second-order valence-electron chi connectivity index (χ2n) is 3.66. The summed E-state index contributed by atoms with van der Waals surface area (Å²) in [7, 11) is 2.13. The van der Waals surface area contributed by atoms with Crippen molar-refractivity contribution in [2.45, 2.75) is 40.2 Å². The number of likely N-dealkylation sites (N-methyl/N-ethyl adjacent to an activating group) is 1. The van der Waals surface area contributed by atoms with Crippen molar-refractivity contribution >= 4 is 0 Å². The molecule has 13 heavy (non-hydrogen) atoms. The molecule has 2 nitrogen and oxygen atoms in total. The molecule has 1 heterocycles. The van der Waals surface area contributed by atoms with E-state index in [2.05, 4.69) is 57.0 Å². The second kappa shape index (κ2) is 3.97. The van der Waals surface area contributed by atoms with E-state index in [1.807, 2.05) is 0 Å². The molecule has 1 aliphatic rings. The summed E-state index contributed by atoms with van der Waals surface area (Å²) >= 11 is 0. The number of rotatable bonds is 2. The van der Waals surface area contributed by atoms with Crippen molar-refractivity contribution in [2.75, 3.05) is 7.05 Å². The average Bonchev–Trinajstić information content (AvgIpc) is 2.30. The fraction of sp³-hybridized carbons (Fsp3) is 0.636. The summed E-state index contributed by atoms with van der Waals surface area (Å²) in [5, 5.41) is 4.49. The maximum Gasteiger partial charge on any atom is 0.0492 e. The van der Waals surface area contributed by atoms with Crippen LogP contribution < -0.4 is 0 Å². The summed E-state index contributed by atoms with van der Waals surface area (Å²) in [5.74, 6) is 0. The Labute approximate surface area is 81.5 Å². The van der Waals surface area contributed by atoms with Gasteiger partial charge in [-0.1, -0.05) is 13.0 Å². The number of hydrazine groups is 1. The molecule has 0 aromatic carbocycles. The van der Waals surface area contributed by atoms with Crippen LogP contribution in [0, 0.1) is 0 Å². The molecule has 2 heteroatoms. The molecular weight excluding hydrogens is 160 g/mol. The molecule has 1 rings (SSSR count). The zero-order valence-corrected chi connectivity index (χ0v) is 9.33. The molecule has 0 aromatic rings. The van der Waals surface area contributed by atoms with E-state index in [-0.39, 0.29) is 0 Å². The van der Waals surface area contributed by atoms with Crippen LogP contribution in [0.1, 0.15) is 34.1 Å². The van der Waals surface area contributed by atoms with Gasteiger partial charge >= 0.3 is 0 Å². The number of allylic oxidation sites excluding steroid dienone is 2. The van der Waals surface area contributed by atoms with E-state index in [0.717, 1.165) is 6.42 Å². The molecular formula is C11H20N2. The Bertz CT molecular complexity index is 240. The second-order valence-corrected chi connectivity index (χ2v) is 3.66. The highest BCUT2D eigenvalue weighted by Gasteiger charge is 2.26. The lowest BCUT2D eigenvalue weighted by Crippen LogP contribution is -2.34. The molecule has 0 amide bonds. The lowest BCUT2D eigenvalue weighted by Gasteiger charge is -2.27. The smallest absolute Gasteiger partial charge is 0.0492 e. The van der Waals surface area contributed by atoms with Gasteiger partial charge in [-0.25, -0.2) is 5.01 Å². The number of nitrogens with zero attached hydrogens (tertiary/aromatic N) is 2. The molecule has 0 saturated carbocycles. The number of hydrogen-bond acceptors (Lipinski definition) is 2. The first kappa shape index (κ1) is 10.3. The van der Waals surface area contributed by atoms with Gasteiger partial charge in [0.25, 0.3) is 0 Å². The van der Waals surface area contributed by atoms with Crippen molar-refractivity contribution in [3.8, 4) is 0 Å². The molecule has 1 aliphatic heterocycles. The van der Waals surface area contributed by atoms with Crippen LogP contribution >= 0.6 is 0 Å². The van der Waals surface area contributed by atoms with Crippen molar-refractivity contribution in [3.63, 3.8) is 0 Å². The van der Waals surface area contributed by atoms with Gasteiger partial charge in [0.2, 0.25) is 0 Å². The third-order valence-corrected chi connectivity index (χ3v) is 2.92.